The van der Waals surface area contributed by atoms with E-state index in [1.54, 1.807) is 18.6 Å². The predicted octanol–water partition coefficient (Wildman–Crippen LogP) is 3.64. The molecule has 1 aromatic carbocycles. The van der Waals surface area contributed by atoms with Gasteiger partial charge in [-0.1, -0.05) is 0 Å². The molecule has 3 aromatic rings. The Labute approximate surface area is 136 Å². The van der Waals surface area contributed by atoms with Crippen molar-refractivity contribution in [1.29, 1.82) is 0 Å². The lowest BCUT2D eigenvalue weighted by molar-refractivity contribution is 0.262. The van der Waals surface area contributed by atoms with Crippen LogP contribution < -0.4 is 10.6 Å². The van der Waals surface area contributed by atoms with Gasteiger partial charge in [0.15, 0.2) is 0 Å². The number of H-pyrrole nitrogens is 2. The molecule has 2 aromatic heterocycles. The molecule has 2 amide bonds. The second-order valence-corrected chi connectivity index (χ2v) is 4.60. The van der Waals surface area contributed by atoms with Crippen molar-refractivity contribution in [3.63, 3.8) is 0 Å². The zero-order chi connectivity index (χ0) is 17.4. The maximum absolute atomic E-state index is 11.9. The highest BCUT2D eigenvalue weighted by molar-refractivity contribution is 6.00. The first-order valence-corrected chi connectivity index (χ1v) is 6.93. The molecule has 4 N–H and O–H groups in total. The lowest BCUT2D eigenvalue weighted by atomic mass is 10.2. The van der Waals surface area contributed by atoms with Crippen molar-refractivity contribution in [2.75, 3.05) is 17.6 Å². The Morgan fingerprint density at radius 1 is 1.21 bits per heavy atom. The topological polar surface area (TPSA) is 98.5 Å². The number of aromatic amines is 2. The van der Waals surface area contributed by atoms with E-state index in [1.807, 2.05) is 31.2 Å². The smallest absolute Gasteiger partial charge is 0.323 e. The summed E-state index contributed by atoms with van der Waals surface area (Å²) in [5, 5.41) is 12.1. The highest BCUT2D eigenvalue weighted by Crippen LogP contribution is 2.18. The molecule has 0 radical (unpaired) electrons. The number of halogens is 2. The molecule has 0 saturated carbocycles. The molecule has 0 aliphatic heterocycles. The molecule has 0 atom stereocenters. The van der Waals surface area contributed by atoms with Crippen LogP contribution in [0.1, 0.15) is 5.69 Å². The van der Waals surface area contributed by atoms with Crippen LogP contribution in [0.2, 0.25) is 0 Å². The molecule has 7 nitrogen and oxygen atoms in total. The molecular formula is C15H16F2N6O. The SMILES string of the molecule is Cc1[nH]ncc1NC(=O)Nc1ccc(-c2ncc[nH]2)cc1.FCF. The van der Waals surface area contributed by atoms with Crippen molar-refractivity contribution in [1.82, 2.24) is 20.2 Å². The minimum Gasteiger partial charge on any atom is -0.345 e. The number of carbonyl (C=O) groups is 1. The molecule has 0 bridgehead atoms. The number of aryl methyl sites for hydroxylation is 1. The summed E-state index contributed by atoms with van der Waals surface area (Å²) >= 11 is 0. The van der Waals surface area contributed by atoms with Gasteiger partial charge in [0.1, 0.15) is 5.82 Å². The standard InChI is InChI=1S/C14H14N6O.CH2F2/c1-9-12(8-17-20-9)19-14(21)18-11-4-2-10(3-5-11)13-15-6-7-16-13;2-1-3/h2-8H,1H3,(H,15,16)(H,17,20)(H2,18,19,21);1H2. The van der Waals surface area contributed by atoms with Crippen molar-refractivity contribution in [2.24, 2.45) is 0 Å². The van der Waals surface area contributed by atoms with Gasteiger partial charge >= 0.3 is 6.03 Å². The third kappa shape index (κ3) is 4.63. The number of hydrogen-bond donors (Lipinski definition) is 4. The van der Waals surface area contributed by atoms with E-state index < -0.39 is 6.93 Å². The van der Waals surface area contributed by atoms with Crippen LogP contribution in [-0.4, -0.2) is 33.1 Å². The Kier molecular flexibility index (Phi) is 6.01. The van der Waals surface area contributed by atoms with Gasteiger partial charge in [0.05, 0.1) is 17.6 Å². The normalized spacial score (nSPS) is 9.79. The average Bonchev–Trinajstić information content (AvgIpc) is 3.22. The Morgan fingerprint density at radius 3 is 2.46 bits per heavy atom. The molecule has 9 heteroatoms. The van der Waals surface area contributed by atoms with E-state index in [0.29, 0.717) is 11.4 Å². The molecule has 2 heterocycles. The number of alkyl halides is 2. The van der Waals surface area contributed by atoms with Crippen LogP contribution in [0.4, 0.5) is 25.0 Å². The van der Waals surface area contributed by atoms with E-state index in [1.165, 1.54) is 0 Å². The fraction of sp³-hybridized carbons (Fsp3) is 0.133. The lowest BCUT2D eigenvalue weighted by Gasteiger charge is -2.07. The third-order valence-electron chi connectivity index (χ3n) is 2.99. The quantitative estimate of drug-likeness (QED) is 0.588. The first-order valence-electron chi connectivity index (χ1n) is 6.93. The van der Waals surface area contributed by atoms with Gasteiger partial charge in [0.2, 0.25) is 6.93 Å². The van der Waals surface area contributed by atoms with Gasteiger partial charge in [0.25, 0.3) is 0 Å². The van der Waals surface area contributed by atoms with Gasteiger partial charge in [-0.15, -0.1) is 0 Å². The molecule has 126 valence electrons. The van der Waals surface area contributed by atoms with Crippen LogP contribution in [0, 0.1) is 6.92 Å². The number of urea groups is 1. The molecule has 0 aliphatic carbocycles. The second-order valence-electron chi connectivity index (χ2n) is 4.60. The number of amides is 2. The van der Waals surface area contributed by atoms with Gasteiger partial charge in [-0.2, -0.15) is 5.10 Å². The van der Waals surface area contributed by atoms with Crippen LogP contribution in [0.25, 0.3) is 11.4 Å². The summed E-state index contributed by atoms with van der Waals surface area (Å²) < 4.78 is 19.2. The van der Waals surface area contributed by atoms with E-state index in [0.717, 1.165) is 17.1 Å². The molecule has 3 rings (SSSR count). The summed E-state index contributed by atoms with van der Waals surface area (Å²) in [4.78, 5) is 19.1. The third-order valence-corrected chi connectivity index (χ3v) is 2.99. The Hall–Kier alpha value is -3.23. The van der Waals surface area contributed by atoms with Crippen molar-refractivity contribution in [2.45, 2.75) is 6.92 Å². The van der Waals surface area contributed by atoms with Gasteiger partial charge in [-0.25, -0.2) is 18.6 Å². The molecule has 0 saturated heterocycles. The summed E-state index contributed by atoms with van der Waals surface area (Å²) in [7, 11) is 0. The number of carbonyl (C=O) groups excluding carboxylic acids is 1. The number of nitrogens with zero attached hydrogens (tertiary/aromatic N) is 2. The predicted molar refractivity (Wildman–Crippen MR) is 87.1 cm³/mol. The van der Waals surface area contributed by atoms with Crippen molar-refractivity contribution in [3.05, 3.63) is 48.5 Å². The first kappa shape index (κ1) is 17.1. The van der Waals surface area contributed by atoms with Crippen LogP contribution >= 0.6 is 0 Å². The molecule has 0 spiro atoms. The number of nitrogens with one attached hydrogen (secondary N) is 4. The van der Waals surface area contributed by atoms with Gasteiger partial charge in [-0.3, -0.25) is 5.10 Å². The van der Waals surface area contributed by atoms with E-state index in [9.17, 15) is 13.6 Å². The van der Waals surface area contributed by atoms with Gasteiger partial charge in [0, 0.05) is 23.6 Å². The summed E-state index contributed by atoms with van der Waals surface area (Å²) in [5.41, 5.74) is 3.11. The Morgan fingerprint density at radius 2 is 1.92 bits per heavy atom. The van der Waals surface area contributed by atoms with Crippen molar-refractivity contribution in [3.8, 4) is 11.4 Å². The molecule has 0 aliphatic rings. The zero-order valence-corrected chi connectivity index (χ0v) is 12.8. The largest absolute Gasteiger partial charge is 0.345 e. The Balaban J connectivity index is 0.000000647. The highest BCUT2D eigenvalue weighted by atomic mass is 19.3. The van der Waals surface area contributed by atoms with E-state index in [-0.39, 0.29) is 6.03 Å². The summed E-state index contributed by atoms with van der Waals surface area (Å²) in [6.45, 7) is 0.0841. The number of anilines is 2. The maximum Gasteiger partial charge on any atom is 0.323 e. The van der Waals surface area contributed by atoms with Gasteiger partial charge in [-0.05, 0) is 31.2 Å². The van der Waals surface area contributed by atoms with Crippen molar-refractivity contribution >= 4 is 17.4 Å². The highest BCUT2D eigenvalue weighted by Gasteiger charge is 2.06. The second kappa shape index (κ2) is 8.42. The Bertz CT molecular complexity index is 755. The van der Waals surface area contributed by atoms with Crippen LogP contribution in [0.5, 0.6) is 0 Å². The fourth-order valence-electron chi connectivity index (χ4n) is 1.90. The van der Waals surface area contributed by atoms with Gasteiger partial charge < -0.3 is 15.6 Å². The number of rotatable bonds is 3. The fourth-order valence-corrected chi connectivity index (χ4v) is 1.90. The minimum atomic E-state index is -1.75. The van der Waals surface area contributed by atoms with E-state index >= 15 is 0 Å². The maximum atomic E-state index is 11.9. The number of hydrogen-bond acceptors (Lipinski definition) is 3. The summed E-state index contributed by atoms with van der Waals surface area (Å²) in [5.74, 6) is 0.792. The first-order chi connectivity index (χ1) is 11.6. The van der Waals surface area contributed by atoms with Crippen LogP contribution in [0.15, 0.2) is 42.9 Å². The summed E-state index contributed by atoms with van der Waals surface area (Å²) in [6, 6.07) is 7.10. The zero-order valence-electron chi connectivity index (χ0n) is 12.8. The monoisotopic (exact) mass is 334 g/mol. The molecule has 24 heavy (non-hydrogen) atoms. The number of imidazole rings is 1. The summed E-state index contributed by atoms with van der Waals surface area (Å²) in [6.07, 6.45) is 5.03. The lowest BCUT2D eigenvalue weighted by Crippen LogP contribution is -2.19. The molecule has 0 fully saturated rings. The minimum absolute atomic E-state index is 0.315. The molecular weight excluding hydrogens is 318 g/mol. The number of benzene rings is 1. The average molecular weight is 334 g/mol. The van der Waals surface area contributed by atoms with E-state index in [2.05, 4.69) is 30.8 Å². The van der Waals surface area contributed by atoms with Crippen LogP contribution in [0.3, 0.4) is 0 Å². The van der Waals surface area contributed by atoms with E-state index in [4.69, 9.17) is 0 Å². The molecule has 0 unspecified atom stereocenters. The van der Waals surface area contributed by atoms with Crippen molar-refractivity contribution < 1.29 is 13.6 Å². The number of aromatic nitrogens is 4. The van der Waals surface area contributed by atoms with Crippen LogP contribution in [-0.2, 0) is 0 Å².